The molecule has 0 aliphatic heterocycles. The number of aliphatic hydroxyl groups excluding tert-OH is 1. The van der Waals surface area contributed by atoms with E-state index in [1.165, 1.54) is 30.4 Å². The molecule has 0 saturated heterocycles. The number of aryl methyl sites for hydroxylation is 2. The Morgan fingerprint density at radius 3 is 2.41 bits per heavy atom. The summed E-state index contributed by atoms with van der Waals surface area (Å²) in [5.74, 6) is 0.293. The molecule has 0 amide bonds. The quantitative estimate of drug-likeness (QED) is 0.843. The van der Waals surface area contributed by atoms with Crippen LogP contribution in [0.3, 0.4) is 0 Å². The van der Waals surface area contributed by atoms with Crippen LogP contribution in [0.15, 0.2) is 18.2 Å². The first-order valence-electron chi connectivity index (χ1n) is 6.65. The van der Waals surface area contributed by atoms with Crippen LogP contribution in [0.2, 0.25) is 0 Å². The van der Waals surface area contributed by atoms with Gasteiger partial charge in [-0.25, -0.2) is 0 Å². The summed E-state index contributed by atoms with van der Waals surface area (Å²) in [5, 5.41) is 10.2. The van der Waals surface area contributed by atoms with Gasteiger partial charge >= 0.3 is 0 Å². The molecule has 17 heavy (non-hydrogen) atoms. The summed E-state index contributed by atoms with van der Waals surface area (Å²) in [6.45, 7) is 4.10. The molecule has 2 atom stereocenters. The maximum absolute atomic E-state index is 10.2. The second-order valence-electron chi connectivity index (χ2n) is 5.50. The predicted octanol–water partition coefficient (Wildman–Crippen LogP) is 2.58. The average molecular weight is 233 g/mol. The van der Waals surface area contributed by atoms with Crippen LogP contribution in [-0.2, 0) is 12.8 Å². The van der Waals surface area contributed by atoms with Gasteiger partial charge in [0.2, 0.25) is 0 Å². The number of hydrogen-bond donors (Lipinski definition) is 2. The second kappa shape index (κ2) is 5.19. The topological polar surface area (TPSA) is 46.2 Å². The average Bonchev–Trinajstić information content (AvgIpc) is 2.36. The van der Waals surface area contributed by atoms with E-state index < -0.39 is 6.10 Å². The van der Waals surface area contributed by atoms with E-state index in [9.17, 15) is 5.11 Å². The summed E-state index contributed by atoms with van der Waals surface area (Å²) < 4.78 is 0. The van der Waals surface area contributed by atoms with Crippen LogP contribution >= 0.6 is 0 Å². The van der Waals surface area contributed by atoms with Crippen molar-refractivity contribution in [1.82, 2.24) is 0 Å². The Morgan fingerprint density at radius 2 is 1.76 bits per heavy atom. The van der Waals surface area contributed by atoms with E-state index in [2.05, 4.69) is 12.1 Å². The zero-order valence-electron chi connectivity index (χ0n) is 10.8. The minimum absolute atomic E-state index is 0.184. The molecule has 0 bridgehead atoms. The highest BCUT2D eigenvalue weighted by Crippen LogP contribution is 2.27. The van der Waals surface area contributed by atoms with Gasteiger partial charge in [-0.05, 0) is 48.3 Å². The van der Waals surface area contributed by atoms with E-state index >= 15 is 0 Å². The molecule has 1 aromatic carbocycles. The van der Waals surface area contributed by atoms with Gasteiger partial charge in [0.25, 0.3) is 0 Å². The molecular weight excluding hydrogens is 210 g/mol. The van der Waals surface area contributed by atoms with Gasteiger partial charge in [-0.15, -0.1) is 0 Å². The van der Waals surface area contributed by atoms with Crippen molar-refractivity contribution in [1.29, 1.82) is 0 Å². The molecule has 2 nitrogen and oxygen atoms in total. The van der Waals surface area contributed by atoms with E-state index in [-0.39, 0.29) is 6.04 Å². The third-order valence-electron chi connectivity index (χ3n) is 3.85. The van der Waals surface area contributed by atoms with Gasteiger partial charge in [0.1, 0.15) is 0 Å². The Morgan fingerprint density at radius 1 is 1.12 bits per heavy atom. The van der Waals surface area contributed by atoms with Crippen LogP contribution in [-0.4, -0.2) is 11.1 Å². The summed E-state index contributed by atoms with van der Waals surface area (Å²) in [7, 11) is 0. The van der Waals surface area contributed by atoms with Crippen LogP contribution < -0.4 is 5.73 Å². The Hall–Kier alpha value is -0.860. The number of benzene rings is 1. The van der Waals surface area contributed by atoms with Crippen molar-refractivity contribution in [3.05, 3.63) is 34.9 Å². The van der Waals surface area contributed by atoms with Crippen molar-refractivity contribution in [2.75, 3.05) is 0 Å². The molecule has 0 saturated carbocycles. The van der Waals surface area contributed by atoms with Gasteiger partial charge in [0.15, 0.2) is 0 Å². The molecular formula is C15H23NO. The van der Waals surface area contributed by atoms with Gasteiger partial charge in [-0.2, -0.15) is 0 Å². The molecule has 0 radical (unpaired) electrons. The molecule has 2 rings (SSSR count). The molecule has 0 aromatic heterocycles. The van der Waals surface area contributed by atoms with E-state index in [1.54, 1.807) is 0 Å². The Kier molecular flexibility index (Phi) is 3.85. The molecule has 1 aliphatic rings. The standard InChI is InChI=1S/C15H23NO/c1-10(2)14(16)15(17)13-8-7-11-5-3-4-6-12(11)9-13/h7-10,14-15,17H,3-6,16H2,1-2H3. The number of rotatable bonds is 3. The Balaban J connectivity index is 2.21. The van der Waals surface area contributed by atoms with Crippen molar-refractivity contribution in [2.45, 2.75) is 51.7 Å². The lowest BCUT2D eigenvalue weighted by Gasteiger charge is -2.24. The second-order valence-corrected chi connectivity index (χ2v) is 5.50. The monoisotopic (exact) mass is 233 g/mol. The van der Waals surface area contributed by atoms with Crippen LogP contribution in [0.5, 0.6) is 0 Å². The number of hydrogen-bond acceptors (Lipinski definition) is 2. The predicted molar refractivity (Wildman–Crippen MR) is 70.9 cm³/mol. The molecule has 1 aromatic rings. The van der Waals surface area contributed by atoms with Gasteiger partial charge < -0.3 is 10.8 Å². The van der Waals surface area contributed by atoms with E-state index in [0.29, 0.717) is 5.92 Å². The van der Waals surface area contributed by atoms with Gasteiger partial charge in [0, 0.05) is 6.04 Å². The van der Waals surface area contributed by atoms with E-state index in [1.807, 2.05) is 19.9 Å². The van der Waals surface area contributed by atoms with Crippen molar-refractivity contribution >= 4 is 0 Å². The normalized spacial score (nSPS) is 18.9. The van der Waals surface area contributed by atoms with Crippen molar-refractivity contribution in [3.63, 3.8) is 0 Å². The minimum Gasteiger partial charge on any atom is -0.387 e. The maximum Gasteiger partial charge on any atom is 0.0943 e. The fraction of sp³-hybridized carbons (Fsp3) is 0.600. The van der Waals surface area contributed by atoms with Gasteiger partial charge in [-0.1, -0.05) is 32.0 Å². The van der Waals surface area contributed by atoms with Crippen LogP contribution in [0.1, 0.15) is 49.5 Å². The van der Waals surface area contributed by atoms with E-state index in [4.69, 9.17) is 5.73 Å². The fourth-order valence-corrected chi connectivity index (χ4v) is 2.52. The fourth-order valence-electron chi connectivity index (χ4n) is 2.52. The highest BCUT2D eigenvalue weighted by Gasteiger charge is 2.21. The third-order valence-corrected chi connectivity index (χ3v) is 3.85. The molecule has 94 valence electrons. The zero-order chi connectivity index (χ0) is 12.4. The third kappa shape index (κ3) is 2.70. The molecule has 0 heterocycles. The molecule has 2 heteroatoms. The summed E-state index contributed by atoms with van der Waals surface area (Å²) in [5.41, 5.74) is 9.85. The lowest BCUT2D eigenvalue weighted by Crippen LogP contribution is -2.33. The highest BCUT2D eigenvalue weighted by molar-refractivity contribution is 5.35. The van der Waals surface area contributed by atoms with Crippen LogP contribution in [0, 0.1) is 5.92 Å². The summed E-state index contributed by atoms with van der Waals surface area (Å²) in [6.07, 6.45) is 4.35. The molecule has 2 unspecified atom stereocenters. The minimum atomic E-state index is -0.540. The zero-order valence-corrected chi connectivity index (χ0v) is 10.8. The first-order chi connectivity index (χ1) is 8.09. The SMILES string of the molecule is CC(C)C(N)C(O)c1ccc2c(c1)CCCC2. The lowest BCUT2D eigenvalue weighted by molar-refractivity contribution is 0.125. The Bertz CT molecular complexity index is 387. The number of aliphatic hydroxyl groups is 1. The van der Waals surface area contributed by atoms with Crippen LogP contribution in [0.25, 0.3) is 0 Å². The number of fused-ring (bicyclic) bond motifs is 1. The first kappa shape index (κ1) is 12.6. The molecule has 3 N–H and O–H groups in total. The molecule has 0 fully saturated rings. The summed E-state index contributed by atoms with van der Waals surface area (Å²) in [4.78, 5) is 0. The van der Waals surface area contributed by atoms with Gasteiger partial charge in [-0.3, -0.25) is 0 Å². The van der Waals surface area contributed by atoms with Gasteiger partial charge in [0.05, 0.1) is 6.10 Å². The van der Waals surface area contributed by atoms with E-state index in [0.717, 1.165) is 12.0 Å². The van der Waals surface area contributed by atoms with Crippen molar-refractivity contribution in [2.24, 2.45) is 11.7 Å². The number of nitrogens with two attached hydrogens (primary N) is 1. The van der Waals surface area contributed by atoms with Crippen LogP contribution in [0.4, 0.5) is 0 Å². The highest BCUT2D eigenvalue weighted by atomic mass is 16.3. The molecule has 0 spiro atoms. The van der Waals surface area contributed by atoms with Crippen molar-refractivity contribution in [3.8, 4) is 0 Å². The maximum atomic E-state index is 10.2. The summed E-state index contributed by atoms with van der Waals surface area (Å²) in [6, 6.07) is 6.18. The Labute approximate surface area is 104 Å². The largest absolute Gasteiger partial charge is 0.387 e. The first-order valence-corrected chi connectivity index (χ1v) is 6.65. The van der Waals surface area contributed by atoms with Crippen molar-refractivity contribution < 1.29 is 5.11 Å². The molecule has 1 aliphatic carbocycles. The smallest absolute Gasteiger partial charge is 0.0943 e. The summed E-state index contributed by atoms with van der Waals surface area (Å²) >= 11 is 0. The lowest BCUT2D eigenvalue weighted by atomic mass is 9.87.